The summed E-state index contributed by atoms with van der Waals surface area (Å²) in [6.07, 6.45) is 4.96. The van der Waals surface area contributed by atoms with Gasteiger partial charge in [-0.2, -0.15) is 0 Å². The number of rotatable bonds is 3. The number of hydrogen-bond donors (Lipinski definition) is 1. The zero-order valence-electron chi connectivity index (χ0n) is 6.53. The molecule has 0 aromatic rings. The summed E-state index contributed by atoms with van der Waals surface area (Å²) >= 11 is 0. The third kappa shape index (κ3) is 3.03. The van der Waals surface area contributed by atoms with Crippen LogP contribution in [-0.2, 0) is 10.0 Å². The Labute approximate surface area is 67.3 Å². The second-order valence-corrected chi connectivity index (χ2v) is 4.67. The molecule has 11 heavy (non-hydrogen) atoms. The van der Waals surface area contributed by atoms with E-state index in [9.17, 15) is 8.42 Å². The molecule has 64 valence electrons. The van der Waals surface area contributed by atoms with Crippen molar-refractivity contribution in [3.05, 3.63) is 12.2 Å². The van der Waals surface area contributed by atoms with E-state index >= 15 is 0 Å². The summed E-state index contributed by atoms with van der Waals surface area (Å²) < 4.78 is 21.2. The first-order valence-electron chi connectivity index (χ1n) is 3.66. The van der Waals surface area contributed by atoms with Crippen LogP contribution in [0.4, 0.5) is 0 Å². The molecule has 0 spiro atoms. The van der Waals surface area contributed by atoms with Gasteiger partial charge in [0.05, 0.1) is 5.75 Å². The first kappa shape index (κ1) is 8.74. The van der Waals surface area contributed by atoms with Crippen molar-refractivity contribution >= 4 is 10.0 Å². The molecule has 0 aromatic carbocycles. The van der Waals surface area contributed by atoms with E-state index in [1.807, 2.05) is 19.1 Å². The smallest absolute Gasteiger partial charge is 0.209 e. The van der Waals surface area contributed by atoms with Crippen molar-refractivity contribution in [2.45, 2.75) is 13.3 Å². The highest BCUT2D eigenvalue weighted by atomic mass is 32.2. The Morgan fingerprint density at radius 1 is 1.64 bits per heavy atom. The summed E-state index contributed by atoms with van der Waals surface area (Å²) in [7, 11) is -3.25. The van der Waals surface area contributed by atoms with Crippen LogP contribution in [0, 0.1) is 11.8 Å². The van der Waals surface area contributed by atoms with E-state index in [-0.39, 0.29) is 11.7 Å². The Balaban J connectivity index is 2.35. The van der Waals surface area contributed by atoms with Crippen molar-refractivity contribution in [3.63, 3.8) is 0 Å². The van der Waals surface area contributed by atoms with E-state index in [2.05, 4.69) is 0 Å². The SMILES string of the molecule is C/C=C/[C@H]1C[C@@H]1CS(N)(=O)=O. The molecule has 0 radical (unpaired) electrons. The summed E-state index contributed by atoms with van der Waals surface area (Å²) in [6.45, 7) is 1.94. The van der Waals surface area contributed by atoms with Crippen molar-refractivity contribution in [2.24, 2.45) is 17.0 Å². The van der Waals surface area contributed by atoms with Gasteiger partial charge in [0.1, 0.15) is 0 Å². The maximum atomic E-state index is 10.6. The van der Waals surface area contributed by atoms with Gasteiger partial charge in [0.2, 0.25) is 10.0 Å². The van der Waals surface area contributed by atoms with Crippen molar-refractivity contribution in [3.8, 4) is 0 Å². The van der Waals surface area contributed by atoms with Crippen LogP contribution in [0.3, 0.4) is 0 Å². The summed E-state index contributed by atoms with van der Waals surface area (Å²) in [5.74, 6) is 0.877. The fourth-order valence-electron chi connectivity index (χ4n) is 1.24. The molecule has 0 aromatic heterocycles. The average molecular weight is 175 g/mol. The molecule has 1 aliphatic carbocycles. The number of sulfonamides is 1. The Hall–Kier alpha value is -0.350. The minimum absolute atomic E-state index is 0.141. The normalized spacial score (nSPS) is 31.1. The summed E-state index contributed by atoms with van der Waals surface area (Å²) in [4.78, 5) is 0. The quantitative estimate of drug-likeness (QED) is 0.634. The van der Waals surface area contributed by atoms with Crippen LogP contribution in [0.25, 0.3) is 0 Å². The van der Waals surface area contributed by atoms with Crippen LogP contribution in [0.2, 0.25) is 0 Å². The lowest BCUT2D eigenvalue weighted by atomic mass is 10.3. The van der Waals surface area contributed by atoms with Gasteiger partial charge in [0.25, 0.3) is 0 Å². The summed E-state index contributed by atoms with van der Waals surface area (Å²) in [5, 5.41) is 4.88. The summed E-state index contributed by atoms with van der Waals surface area (Å²) in [5.41, 5.74) is 0. The molecule has 0 unspecified atom stereocenters. The van der Waals surface area contributed by atoms with Crippen LogP contribution < -0.4 is 5.14 Å². The van der Waals surface area contributed by atoms with Gasteiger partial charge in [0, 0.05) is 0 Å². The number of allylic oxidation sites excluding steroid dienone is 2. The highest BCUT2D eigenvalue weighted by molar-refractivity contribution is 7.89. The minimum atomic E-state index is -3.25. The van der Waals surface area contributed by atoms with Crippen LogP contribution in [-0.4, -0.2) is 14.2 Å². The largest absolute Gasteiger partial charge is 0.229 e. The molecular weight excluding hydrogens is 162 g/mol. The Bertz CT molecular complexity index is 256. The third-order valence-corrected chi connectivity index (χ3v) is 2.76. The van der Waals surface area contributed by atoms with E-state index in [0.29, 0.717) is 5.92 Å². The Morgan fingerprint density at radius 3 is 2.73 bits per heavy atom. The zero-order chi connectivity index (χ0) is 8.48. The maximum Gasteiger partial charge on any atom is 0.209 e. The molecule has 0 saturated heterocycles. The van der Waals surface area contributed by atoms with Gasteiger partial charge < -0.3 is 0 Å². The number of primary sulfonamides is 1. The average Bonchev–Trinajstić information content (AvgIpc) is 2.44. The lowest BCUT2D eigenvalue weighted by Gasteiger charge is -1.92. The van der Waals surface area contributed by atoms with Crippen LogP contribution in [0.5, 0.6) is 0 Å². The fourth-order valence-corrected chi connectivity index (χ4v) is 2.22. The highest BCUT2D eigenvalue weighted by Gasteiger charge is 2.37. The molecule has 1 saturated carbocycles. The van der Waals surface area contributed by atoms with Gasteiger partial charge in [-0.15, -0.1) is 0 Å². The number of nitrogens with two attached hydrogens (primary N) is 1. The van der Waals surface area contributed by atoms with Gasteiger partial charge in [-0.05, 0) is 25.2 Å². The first-order chi connectivity index (χ1) is 5.03. The molecule has 1 rings (SSSR count). The standard InChI is InChI=1S/C7H13NO2S/c1-2-3-6-4-7(6)5-11(8,9)10/h2-3,6-7H,4-5H2,1H3,(H2,8,9,10)/b3-2+/t6-,7+/m0/s1. The molecule has 2 N–H and O–H groups in total. The van der Waals surface area contributed by atoms with E-state index in [4.69, 9.17) is 5.14 Å². The molecular formula is C7H13NO2S. The van der Waals surface area contributed by atoms with E-state index < -0.39 is 10.0 Å². The topological polar surface area (TPSA) is 60.2 Å². The summed E-state index contributed by atoms with van der Waals surface area (Å²) in [6, 6.07) is 0. The van der Waals surface area contributed by atoms with Crippen LogP contribution in [0.1, 0.15) is 13.3 Å². The molecule has 0 amide bonds. The van der Waals surface area contributed by atoms with Crippen molar-refractivity contribution in [1.29, 1.82) is 0 Å². The molecule has 2 atom stereocenters. The molecule has 1 fully saturated rings. The second-order valence-electron chi connectivity index (χ2n) is 3.01. The minimum Gasteiger partial charge on any atom is -0.229 e. The predicted octanol–water partition coefficient (Wildman–Crippen LogP) is 0.487. The molecule has 4 heteroatoms. The van der Waals surface area contributed by atoms with Crippen molar-refractivity contribution in [2.75, 3.05) is 5.75 Å². The zero-order valence-corrected chi connectivity index (χ0v) is 7.34. The lowest BCUT2D eigenvalue weighted by molar-refractivity contribution is 0.593. The van der Waals surface area contributed by atoms with Crippen molar-refractivity contribution < 1.29 is 8.42 Å². The second kappa shape index (κ2) is 2.95. The van der Waals surface area contributed by atoms with Gasteiger partial charge in [-0.25, -0.2) is 13.6 Å². The van der Waals surface area contributed by atoms with Crippen LogP contribution >= 0.6 is 0 Å². The lowest BCUT2D eigenvalue weighted by Crippen LogP contribution is -2.18. The van der Waals surface area contributed by atoms with Gasteiger partial charge in [0.15, 0.2) is 0 Å². The number of hydrogen-bond acceptors (Lipinski definition) is 2. The van der Waals surface area contributed by atoms with E-state index in [1.54, 1.807) is 0 Å². The van der Waals surface area contributed by atoms with Crippen LogP contribution in [0.15, 0.2) is 12.2 Å². The van der Waals surface area contributed by atoms with Gasteiger partial charge >= 0.3 is 0 Å². The van der Waals surface area contributed by atoms with Gasteiger partial charge in [-0.3, -0.25) is 0 Å². The molecule has 0 bridgehead atoms. The molecule has 1 aliphatic rings. The fraction of sp³-hybridized carbons (Fsp3) is 0.714. The highest BCUT2D eigenvalue weighted by Crippen LogP contribution is 2.40. The Kier molecular flexibility index (Phi) is 2.34. The Morgan fingerprint density at radius 2 is 2.27 bits per heavy atom. The van der Waals surface area contributed by atoms with Crippen molar-refractivity contribution in [1.82, 2.24) is 0 Å². The van der Waals surface area contributed by atoms with E-state index in [0.717, 1.165) is 6.42 Å². The maximum absolute atomic E-state index is 10.6. The monoisotopic (exact) mass is 175 g/mol. The van der Waals surface area contributed by atoms with Gasteiger partial charge in [-0.1, -0.05) is 12.2 Å². The van der Waals surface area contributed by atoms with E-state index in [1.165, 1.54) is 0 Å². The third-order valence-electron chi connectivity index (χ3n) is 1.86. The molecule has 0 aliphatic heterocycles. The molecule has 3 nitrogen and oxygen atoms in total. The first-order valence-corrected chi connectivity index (χ1v) is 5.38. The molecule has 0 heterocycles. The predicted molar refractivity (Wildman–Crippen MR) is 44.4 cm³/mol.